The molecule has 1 aromatic carbocycles. The van der Waals surface area contributed by atoms with Gasteiger partial charge in [-0.15, -0.1) is 0 Å². The molecule has 0 saturated carbocycles. The lowest BCUT2D eigenvalue weighted by Crippen LogP contribution is -2.20. The molecule has 0 saturated heterocycles. The van der Waals surface area contributed by atoms with E-state index >= 15 is 0 Å². The summed E-state index contributed by atoms with van der Waals surface area (Å²) in [7, 11) is 0. The molecular weight excluding hydrogens is 370 g/mol. The second-order valence-corrected chi connectivity index (χ2v) is 9.07. The van der Waals surface area contributed by atoms with Gasteiger partial charge in [0.25, 0.3) is 11.8 Å². The second kappa shape index (κ2) is 14.4. The smallest absolute Gasteiger partial charge is 0.259 e. The molecule has 0 bridgehead atoms. The Hall–Kier alpha value is -1.64. The number of unbranched alkanes of at least 4 members (excludes halogenated alkanes) is 12. The third-order valence-electron chi connectivity index (χ3n) is 6.55. The zero-order valence-electron chi connectivity index (χ0n) is 19.4. The summed E-state index contributed by atoms with van der Waals surface area (Å²) in [5.74, 6) is -0.0416. The number of hydrogen-bond donors (Lipinski definition) is 1. The van der Waals surface area contributed by atoms with Crippen molar-refractivity contribution in [2.75, 3.05) is 0 Å². The predicted octanol–water partition coefficient (Wildman–Crippen LogP) is 7.94. The number of imide groups is 1. The highest BCUT2D eigenvalue weighted by atomic mass is 16.2. The Morgan fingerprint density at radius 3 is 1.70 bits per heavy atom. The summed E-state index contributed by atoms with van der Waals surface area (Å²) in [6, 6.07) is 5.83. The van der Waals surface area contributed by atoms with Crippen molar-refractivity contribution in [2.24, 2.45) is 0 Å². The number of fused-ring (bicyclic) bond motifs is 1. The van der Waals surface area contributed by atoms with Gasteiger partial charge in [-0.1, -0.05) is 116 Å². The molecule has 1 heterocycles. The fourth-order valence-electron chi connectivity index (χ4n) is 4.74. The average Bonchev–Trinajstić information content (AvgIpc) is 3.05. The van der Waals surface area contributed by atoms with E-state index in [9.17, 15) is 9.59 Å². The maximum atomic E-state index is 12.4. The SMILES string of the molecule is CCCCCCCCCC(CCCCCCCCC)c1cccc2c1C(=O)NC2=O. The van der Waals surface area contributed by atoms with E-state index in [1.54, 1.807) is 6.07 Å². The van der Waals surface area contributed by atoms with Crippen LogP contribution in [0.4, 0.5) is 0 Å². The van der Waals surface area contributed by atoms with Crippen LogP contribution in [-0.2, 0) is 0 Å². The van der Waals surface area contributed by atoms with Gasteiger partial charge in [0.2, 0.25) is 0 Å². The Bertz CT molecular complexity index is 634. The summed E-state index contributed by atoms with van der Waals surface area (Å²) in [6.07, 6.45) is 20.5. The number of carbonyl (C=O) groups is 2. The number of hydrogen-bond acceptors (Lipinski definition) is 2. The summed E-state index contributed by atoms with van der Waals surface area (Å²) in [6.45, 7) is 4.52. The van der Waals surface area contributed by atoms with Crippen molar-refractivity contribution in [3.8, 4) is 0 Å². The molecule has 1 aliphatic heterocycles. The van der Waals surface area contributed by atoms with Crippen molar-refractivity contribution in [1.29, 1.82) is 0 Å². The van der Waals surface area contributed by atoms with Crippen molar-refractivity contribution in [2.45, 2.75) is 122 Å². The van der Waals surface area contributed by atoms with Crippen LogP contribution in [0.1, 0.15) is 149 Å². The number of carbonyl (C=O) groups excluding carboxylic acids is 2. The van der Waals surface area contributed by atoms with Crippen molar-refractivity contribution in [3.63, 3.8) is 0 Å². The van der Waals surface area contributed by atoms with Gasteiger partial charge in [0.1, 0.15) is 0 Å². The van der Waals surface area contributed by atoms with Crippen molar-refractivity contribution in [1.82, 2.24) is 5.32 Å². The van der Waals surface area contributed by atoms with Gasteiger partial charge in [0.15, 0.2) is 0 Å². The van der Waals surface area contributed by atoms with Crippen LogP contribution >= 0.6 is 0 Å². The van der Waals surface area contributed by atoms with E-state index in [1.807, 2.05) is 6.07 Å². The molecule has 1 aromatic rings. The lowest BCUT2D eigenvalue weighted by Gasteiger charge is -2.20. The minimum atomic E-state index is -0.234. The molecule has 0 atom stereocenters. The Morgan fingerprint density at radius 2 is 1.17 bits per heavy atom. The zero-order valence-corrected chi connectivity index (χ0v) is 19.4. The summed E-state index contributed by atoms with van der Waals surface area (Å²) in [5, 5.41) is 2.49. The predicted molar refractivity (Wildman–Crippen MR) is 126 cm³/mol. The quantitative estimate of drug-likeness (QED) is 0.208. The van der Waals surface area contributed by atoms with Gasteiger partial charge in [-0.2, -0.15) is 0 Å². The van der Waals surface area contributed by atoms with E-state index in [4.69, 9.17) is 0 Å². The third-order valence-corrected chi connectivity index (χ3v) is 6.55. The molecule has 30 heavy (non-hydrogen) atoms. The zero-order chi connectivity index (χ0) is 21.6. The minimum Gasteiger partial charge on any atom is -0.288 e. The van der Waals surface area contributed by atoms with Crippen LogP contribution in [0.3, 0.4) is 0 Å². The van der Waals surface area contributed by atoms with Gasteiger partial charge in [0.05, 0.1) is 11.1 Å². The molecule has 0 fully saturated rings. The van der Waals surface area contributed by atoms with Gasteiger partial charge in [-0.05, 0) is 30.4 Å². The minimum absolute atomic E-state index is 0.199. The van der Waals surface area contributed by atoms with Crippen LogP contribution in [-0.4, -0.2) is 11.8 Å². The molecule has 0 aliphatic carbocycles. The van der Waals surface area contributed by atoms with E-state index in [-0.39, 0.29) is 11.8 Å². The number of benzene rings is 1. The molecule has 0 spiro atoms. The fourth-order valence-corrected chi connectivity index (χ4v) is 4.74. The van der Waals surface area contributed by atoms with Crippen molar-refractivity contribution < 1.29 is 9.59 Å². The van der Waals surface area contributed by atoms with Crippen LogP contribution in [0.5, 0.6) is 0 Å². The highest BCUT2D eigenvalue weighted by molar-refractivity contribution is 6.22. The maximum Gasteiger partial charge on any atom is 0.259 e. The normalized spacial score (nSPS) is 13.2. The first-order valence-electron chi connectivity index (χ1n) is 12.7. The first-order chi connectivity index (χ1) is 14.7. The van der Waals surface area contributed by atoms with Crippen molar-refractivity contribution in [3.05, 3.63) is 34.9 Å². The molecule has 1 aliphatic rings. The largest absolute Gasteiger partial charge is 0.288 e. The molecule has 0 unspecified atom stereocenters. The standard InChI is InChI=1S/C27H43NO2/c1-3-5-7-9-11-13-15-18-22(19-16-14-12-10-8-6-4-2)23-20-17-21-24-25(23)27(30)28-26(24)29/h17,20-22H,3-16,18-19H2,1-2H3,(H,28,29,30). The molecule has 3 nitrogen and oxygen atoms in total. The van der Waals surface area contributed by atoms with Crippen LogP contribution in [0.15, 0.2) is 18.2 Å². The monoisotopic (exact) mass is 413 g/mol. The van der Waals surface area contributed by atoms with E-state index in [0.717, 1.165) is 18.4 Å². The van der Waals surface area contributed by atoms with Gasteiger partial charge < -0.3 is 0 Å². The lowest BCUT2D eigenvalue weighted by atomic mass is 9.84. The molecule has 2 rings (SSSR count). The second-order valence-electron chi connectivity index (χ2n) is 9.07. The number of nitrogens with one attached hydrogen (secondary N) is 1. The van der Waals surface area contributed by atoms with Gasteiger partial charge in [-0.3, -0.25) is 14.9 Å². The van der Waals surface area contributed by atoms with E-state index < -0.39 is 0 Å². The molecule has 1 N–H and O–H groups in total. The first-order valence-corrected chi connectivity index (χ1v) is 12.7. The molecular formula is C27H43NO2. The average molecular weight is 414 g/mol. The fraction of sp³-hybridized carbons (Fsp3) is 0.704. The molecule has 3 heteroatoms. The Kier molecular flexibility index (Phi) is 11.8. The summed E-state index contributed by atoms with van der Waals surface area (Å²) in [5.41, 5.74) is 2.33. The Morgan fingerprint density at radius 1 is 0.667 bits per heavy atom. The van der Waals surface area contributed by atoms with E-state index in [1.165, 1.54) is 89.9 Å². The summed E-state index contributed by atoms with van der Waals surface area (Å²) in [4.78, 5) is 24.5. The molecule has 0 aromatic heterocycles. The summed E-state index contributed by atoms with van der Waals surface area (Å²) >= 11 is 0. The van der Waals surface area contributed by atoms with Crippen molar-refractivity contribution >= 4 is 11.8 Å². The third kappa shape index (κ3) is 7.89. The van der Waals surface area contributed by atoms with E-state index in [0.29, 0.717) is 17.0 Å². The van der Waals surface area contributed by atoms with Crippen LogP contribution < -0.4 is 5.32 Å². The summed E-state index contributed by atoms with van der Waals surface area (Å²) < 4.78 is 0. The first kappa shape index (κ1) is 24.6. The van der Waals surface area contributed by atoms with E-state index in [2.05, 4.69) is 25.2 Å². The molecule has 168 valence electrons. The van der Waals surface area contributed by atoms with Crippen LogP contribution in [0, 0.1) is 0 Å². The number of amides is 2. The van der Waals surface area contributed by atoms with Gasteiger partial charge >= 0.3 is 0 Å². The Labute approximate surface area is 184 Å². The highest BCUT2D eigenvalue weighted by Crippen LogP contribution is 2.34. The van der Waals surface area contributed by atoms with Crippen LogP contribution in [0.25, 0.3) is 0 Å². The number of rotatable bonds is 17. The van der Waals surface area contributed by atoms with Gasteiger partial charge in [-0.25, -0.2) is 0 Å². The van der Waals surface area contributed by atoms with Gasteiger partial charge in [0, 0.05) is 0 Å². The Balaban J connectivity index is 1.91. The molecule has 2 amide bonds. The topological polar surface area (TPSA) is 46.2 Å². The molecule has 0 radical (unpaired) electrons. The lowest BCUT2D eigenvalue weighted by molar-refractivity contribution is 0.0879. The maximum absolute atomic E-state index is 12.4. The van der Waals surface area contributed by atoms with Crippen LogP contribution in [0.2, 0.25) is 0 Å². The highest BCUT2D eigenvalue weighted by Gasteiger charge is 2.31.